The van der Waals surface area contributed by atoms with E-state index in [-0.39, 0.29) is 5.91 Å². The molecule has 1 fully saturated rings. The molecule has 4 heteroatoms. The van der Waals surface area contributed by atoms with Gasteiger partial charge in [-0.3, -0.25) is 4.79 Å². The Hall–Kier alpha value is -1.55. The van der Waals surface area contributed by atoms with Gasteiger partial charge in [-0.2, -0.15) is 0 Å². The van der Waals surface area contributed by atoms with Crippen LogP contribution in [-0.4, -0.2) is 25.6 Å². The van der Waals surface area contributed by atoms with Gasteiger partial charge in [-0.1, -0.05) is 6.07 Å². The molecule has 1 aliphatic rings. The summed E-state index contributed by atoms with van der Waals surface area (Å²) in [6.07, 6.45) is 4.36. The maximum absolute atomic E-state index is 12.1. The van der Waals surface area contributed by atoms with Crippen molar-refractivity contribution in [1.29, 1.82) is 0 Å². The molecular weight excluding hydrogens is 252 g/mol. The van der Waals surface area contributed by atoms with E-state index in [1.165, 1.54) is 0 Å². The number of amides is 1. The number of hydrogen-bond donors (Lipinski definition) is 2. The average molecular weight is 276 g/mol. The quantitative estimate of drug-likeness (QED) is 0.886. The van der Waals surface area contributed by atoms with Gasteiger partial charge in [0.15, 0.2) is 0 Å². The Kier molecular flexibility index (Phi) is 5.01. The normalized spacial score (nSPS) is 22.4. The minimum atomic E-state index is -0.0295. The summed E-state index contributed by atoms with van der Waals surface area (Å²) in [6, 6.07) is 5.89. The molecule has 1 amide bonds. The van der Waals surface area contributed by atoms with Gasteiger partial charge in [0.2, 0.25) is 0 Å². The maximum atomic E-state index is 12.1. The van der Waals surface area contributed by atoms with Crippen molar-refractivity contribution in [1.82, 2.24) is 5.32 Å². The second-order valence-corrected chi connectivity index (χ2v) is 5.68. The summed E-state index contributed by atoms with van der Waals surface area (Å²) in [5, 5.41) is 3.02. The number of nitrogens with one attached hydrogen (secondary N) is 1. The summed E-state index contributed by atoms with van der Waals surface area (Å²) in [5.41, 5.74) is 7.57. The molecule has 0 aromatic heterocycles. The van der Waals surface area contributed by atoms with Crippen LogP contribution in [0.4, 0.5) is 0 Å². The third kappa shape index (κ3) is 3.73. The van der Waals surface area contributed by atoms with E-state index < -0.39 is 0 Å². The first-order valence-corrected chi connectivity index (χ1v) is 7.28. The summed E-state index contributed by atoms with van der Waals surface area (Å²) in [6.45, 7) is 2.70. The zero-order valence-electron chi connectivity index (χ0n) is 12.3. The van der Waals surface area contributed by atoms with Crippen LogP contribution in [0.3, 0.4) is 0 Å². The van der Waals surface area contributed by atoms with E-state index in [2.05, 4.69) is 5.32 Å². The van der Waals surface area contributed by atoms with E-state index in [0.717, 1.165) is 43.5 Å². The molecule has 0 bridgehead atoms. The molecule has 1 saturated carbocycles. The Bertz CT molecular complexity index is 466. The second-order valence-electron chi connectivity index (χ2n) is 5.68. The van der Waals surface area contributed by atoms with Crippen LogP contribution in [0.2, 0.25) is 0 Å². The first-order valence-electron chi connectivity index (χ1n) is 7.28. The molecule has 0 heterocycles. The molecule has 0 saturated heterocycles. The van der Waals surface area contributed by atoms with Crippen molar-refractivity contribution in [2.45, 2.75) is 38.6 Å². The molecule has 0 atom stereocenters. The average Bonchev–Trinajstić information content (AvgIpc) is 2.47. The zero-order chi connectivity index (χ0) is 14.5. The van der Waals surface area contributed by atoms with Gasteiger partial charge in [0.1, 0.15) is 5.75 Å². The molecule has 1 aromatic rings. The van der Waals surface area contributed by atoms with Crippen LogP contribution in [0.15, 0.2) is 18.2 Å². The first kappa shape index (κ1) is 14.9. The third-order valence-corrected chi connectivity index (χ3v) is 4.11. The van der Waals surface area contributed by atoms with Crippen molar-refractivity contribution >= 4 is 5.91 Å². The zero-order valence-corrected chi connectivity index (χ0v) is 12.3. The van der Waals surface area contributed by atoms with Crippen LogP contribution in [0.25, 0.3) is 0 Å². The number of rotatable bonds is 4. The van der Waals surface area contributed by atoms with Gasteiger partial charge in [0.05, 0.1) is 7.11 Å². The second kappa shape index (κ2) is 6.75. The van der Waals surface area contributed by atoms with E-state index in [1.807, 2.05) is 19.1 Å². The van der Waals surface area contributed by atoms with E-state index in [1.54, 1.807) is 13.2 Å². The minimum absolute atomic E-state index is 0.0295. The molecule has 0 aliphatic heterocycles. The van der Waals surface area contributed by atoms with Crippen LogP contribution in [-0.2, 0) is 0 Å². The number of nitrogens with two attached hydrogens (primary N) is 1. The molecular formula is C16H24N2O2. The van der Waals surface area contributed by atoms with Gasteiger partial charge in [-0.15, -0.1) is 0 Å². The predicted octanol–water partition coefficient (Wildman–Crippen LogP) is 2.25. The fourth-order valence-corrected chi connectivity index (χ4v) is 2.69. The van der Waals surface area contributed by atoms with Gasteiger partial charge in [0.25, 0.3) is 5.91 Å². The largest absolute Gasteiger partial charge is 0.496 e. The Balaban J connectivity index is 1.88. The lowest BCUT2D eigenvalue weighted by Gasteiger charge is -2.26. The summed E-state index contributed by atoms with van der Waals surface area (Å²) in [7, 11) is 1.62. The highest BCUT2D eigenvalue weighted by atomic mass is 16.5. The predicted molar refractivity (Wildman–Crippen MR) is 80.0 cm³/mol. The number of carbonyl (C=O) groups excluding carboxylic acids is 1. The minimum Gasteiger partial charge on any atom is -0.496 e. The molecule has 4 nitrogen and oxygen atoms in total. The van der Waals surface area contributed by atoms with Crippen LogP contribution in [0.1, 0.15) is 41.6 Å². The SMILES string of the molecule is COc1cc(C(=O)NCC2CCC(N)CC2)ccc1C. The van der Waals surface area contributed by atoms with Crippen molar-refractivity contribution in [3.63, 3.8) is 0 Å². The molecule has 3 N–H and O–H groups in total. The Labute approximate surface area is 120 Å². The highest BCUT2D eigenvalue weighted by molar-refractivity contribution is 5.94. The summed E-state index contributed by atoms with van der Waals surface area (Å²) in [5.74, 6) is 1.28. The van der Waals surface area contributed by atoms with Crippen molar-refractivity contribution in [2.24, 2.45) is 11.7 Å². The highest BCUT2D eigenvalue weighted by Crippen LogP contribution is 2.23. The Morgan fingerprint density at radius 3 is 2.70 bits per heavy atom. The molecule has 1 aromatic carbocycles. The molecule has 20 heavy (non-hydrogen) atoms. The number of hydrogen-bond acceptors (Lipinski definition) is 3. The number of methoxy groups -OCH3 is 1. The van der Waals surface area contributed by atoms with Gasteiger partial charge in [-0.25, -0.2) is 0 Å². The molecule has 2 rings (SSSR count). The summed E-state index contributed by atoms with van der Waals surface area (Å²) >= 11 is 0. The lowest BCUT2D eigenvalue weighted by Crippen LogP contribution is -2.34. The molecule has 1 aliphatic carbocycles. The lowest BCUT2D eigenvalue weighted by atomic mass is 9.86. The van der Waals surface area contributed by atoms with Crippen LogP contribution in [0.5, 0.6) is 5.75 Å². The smallest absolute Gasteiger partial charge is 0.251 e. The Morgan fingerprint density at radius 1 is 1.35 bits per heavy atom. The third-order valence-electron chi connectivity index (χ3n) is 4.11. The summed E-state index contributed by atoms with van der Waals surface area (Å²) < 4.78 is 5.25. The lowest BCUT2D eigenvalue weighted by molar-refractivity contribution is 0.0942. The molecule has 0 radical (unpaired) electrons. The van der Waals surface area contributed by atoms with Crippen molar-refractivity contribution < 1.29 is 9.53 Å². The first-order chi connectivity index (χ1) is 9.60. The maximum Gasteiger partial charge on any atom is 0.251 e. The fourth-order valence-electron chi connectivity index (χ4n) is 2.69. The number of ether oxygens (including phenoxy) is 1. The van der Waals surface area contributed by atoms with Crippen molar-refractivity contribution in [3.05, 3.63) is 29.3 Å². The van der Waals surface area contributed by atoms with E-state index in [4.69, 9.17) is 10.5 Å². The monoisotopic (exact) mass is 276 g/mol. The van der Waals surface area contributed by atoms with Crippen LogP contribution in [0, 0.1) is 12.8 Å². The Morgan fingerprint density at radius 2 is 2.05 bits per heavy atom. The molecule has 0 spiro atoms. The van der Waals surface area contributed by atoms with Crippen molar-refractivity contribution in [3.8, 4) is 5.75 Å². The van der Waals surface area contributed by atoms with E-state index in [0.29, 0.717) is 17.5 Å². The van der Waals surface area contributed by atoms with Crippen LogP contribution < -0.4 is 15.8 Å². The number of benzene rings is 1. The fraction of sp³-hybridized carbons (Fsp3) is 0.562. The highest BCUT2D eigenvalue weighted by Gasteiger charge is 2.19. The van der Waals surface area contributed by atoms with Gasteiger partial charge in [-0.05, 0) is 56.2 Å². The standard InChI is InChI=1S/C16H24N2O2/c1-11-3-6-13(9-15(11)20-2)16(19)18-10-12-4-7-14(17)8-5-12/h3,6,9,12,14H,4-5,7-8,10,17H2,1-2H3,(H,18,19). The molecule has 110 valence electrons. The van der Waals surface area contributed by atoms with Gasteiger partial charge in [0, 0.05) is 18.2 Å². The van der Waals surface area contributed by atoms with Gasteiger partial charge < -0.3 is 15.8 Å². The number of carbonyl (C=O) groups is 1. The van der Waals surface area contributed by atoms with Crippen LogP contribution >= 0.6 is 0 Å². The van der Waals surface area contributed by atoms with E-state index in [9.17, 15) is 4.79 Å². The van der Waals surface area contributed by atoms with Gasteiger partial charge >= 0.3 is 0 Å². The topological polar surface area (TPSA) is 64.3 Å². The number of aryl methyl sites for hydroxylation is 1. The van der Waals surface area contributed by atoms with Crippen molar-refractivity contribution in [2.75, 3.05) is 13.7 Å². The van der Waals surface area contributed by atoms with E-state index >= 15 is 0 Å². The molecule has 0 unspecified atom stereocenters. The summed E-state index contributed by atoms with van der Waals surface area (Å²) in [4.78, 5) is 12.1.